The van der Waals surface area contributed by atoms with Gasteiger partial charge >= 0.3 is 0 Å². The molecule has 1 saturated carbocycles. The van der Waals surface area contributed by atoms with E-state index in [0.29, 0.717) is 0 Å². The lowest BCUT2D eigenvalue weighted by Crippen LogP contribution is -2.92. The Morgan fingerprint density at radius 3 is 0.955 bits per heavy atom. The molecule has 0 bridgehead atoms. The Hall–Kier alpha value is -4.68. The Balaban J connectivity index is 1.90. The van der Waals surface area contributed by atoms with Crippen LogP contribution >= 0.6 is 0 Å². The van der Waals surface area contributed by atoms with E-state index < -0.39 is 74.4 Å². The summed E-state index contributed by atoms with van der Waals surface area (Å²) in [5.41, 5.74) is -17.6. The van der Waals surface area contributed by atoms with Gasteiger partial charge in [0.25, 0.3) is 0 Å². The molecule has 0 amide bonds. The lowest BCUT2D eigenvalue weighted by Gasteiger charge is -2.61. The van der Waals surface area contributed by atoms with Crippen LogP contribution in [-0.4, -0.2) is 88.4 Å². The molecule has 6 N–H and O–H groups in total. The molecule has 0 radical (unpaired) electrons. The van der Waals surface area contributed by atoms with Gasteiger partial charge in [-0.05, 0) is 0 Å². The summed E-state index contributed by atoms with van der Waals surface area (Å²) in [6.07, 6.45) is -6.38. The summed E-state index contributed by atoms with van der Waals surface area (Å²) in [7, 11) is 0. The third-order valence-corrected chi connectivity index (χ3v) is 8.26. The van der Waals surface area contributed by atoms with Crippen LogP contribution in [0.15, 0.2) is 121 Å². The van der Waals surface area contributed by atoms with Crippen LogP contribution in [-0.2, 0) is 0 Å². The Morgan fingerprint density at radius 1 is 0.409 bits per heavy atom. The largest absolute Gasteiger partial charge is 0.386 e. The molecule has 10 heteroatoms. The van der Waals surface area contributed by atoms with Crippen molar-refractivity contribution in [1.29, 1.82) is 0 Å². The number of ketones is 4. The molecule has 44 heavy (non-hydrogen) atoms. The van der Waals surface area contributed by atoms with Crippen molar-refractivity contribution in [1.82, 2.24) is 0 Å². The normalized spacial score (nSPS) is 29.9. The van der Waals surface area contributed by atoms with E-state index in [2.05, 4.69) is 0 Å². The average Bonchev–Trinajstić information content (AvgIpc) is 3.09. The van der Waals surface area contributed by atoms with Gasteiger partial charge in [0.1, 0.15) is 12.2 Å². The first kappa shape index (κ1) is 30.8. The fraction of sp³-hybridized carbons (Fsp3) is 0.176. The molecule has 5 rings (SSSR count). The SMILES string of the molecule is O=C(c1ccccc1)C1(O)[C@H](O)[C@](O)(C(=O)c2ccccc2)C(O)(C(=O)c2ccccc2)[C@@](O)(C(=O)c2ccccc2)[C@H]1O. The van der Waals surface area contributed by atoms with Gasteiger partial charge in [-0.1, -0.05) is 121 Å². The quantitative estimate of drug-likeness (QED) is 0.161. The number of carbonyl (C=O) groups excluding carboxylic acids is 4. The minimum absolute atomic E-state index is 0.364. The highest BCUT2D eigenvalue weighted by atomic mass is 16.5. The van der Waals surface area contributed by atoms with Crippen LogP contribution in [0.5, 0.6) is 0 Å². The van der Waals surface area contributed by atoms with Gasteiger partial charge in [0, 0.05) is 22.3 Å². The van der Waals surface area contributed by atoms with E-state index in [0.717, 1.165) is 36.4 Å². The Bertz CT molecular complexity index is 1640. The first-order valence-electron chi connectivity index (χ1n) is 13.5. The maximum absolute atomic E-state index is 14.3. The van der Waals surface area contributed by atoms with E-state index in [1.807, 2.05) is 0 Å². The molecular formula is C34H28O10. The molecule has 4 atom stereocenters. The van der Waals surface area contributed by atoms with E-state index in [1.165, 1.54) is 84.9 Å². The number of carbonyl (C=O) groups is 4. The number of Topliss-reactive ketones (excluding diaryl/α,β-unsaturated/α-hetero) is 4. The van der Waals surface area contributed by atoms with Crippen molar-refractivity contribution in [3.63, 3.8) is 0 Å². The number of hydrogen-bond donors (Lipinski definition) is 6. The standard InChI is InChI=1S/C34H28O10/c35-25(21-13-5-1-6-14-21)31(41)29(39)32(42,26(36)22-15-7-2-8-16-22)34(44,28(38)24-19-11-4-12-20-24)33(43,30(31)40)27(37)23-17-9-3-10-18-23/h1-20,29-30,39-44H/t29-,30-,31?,32+,33+,34?/m0/s1. The van der Waals surface area contributed by atoms with Crippen LogP contribution in [0.4, 0.5) is 0 Å². The molecule has 4 aromatic carbocycles. The predicted molar refractivity (Wildman–Crippen MR) is 155 cm³/mol. The van der Waals surface area contributed by atoms with Crippen molar-refractivity contribution in [2.45, 2.75) is 34.6 Å². The van der Waals surface area contributed by atoms with Crippen molar-refractivity contribution >= 4 is 23.1 Å². The number of rotatable bonds is 8. The van der Waals surface area contributed by atoms with Gasteiger partial charge in [0.2, 0.25) is 23.0 Å². The second-order valence-corrected chi connectivity index (χ2v) is 10.7. The zero-order valence-electron chi connectivity index (χ0n) is 23.0. The van der Waals surface area contributed by atoms with E-state index in [4.69, 9.17) is 0 Å². The molecule has 0 saturated heterocycles. The number of hydrogen-bond acceptors (Lipinski definition) is 10. The monoisotopic (exact) mass is 596 g/mol. The van der Waals surface area contributed by atoms with Gasteiger partial charge in [-0.3, -0.25) is 19.2 Å². The molecule has 0 heterocycles. The van der Waals surface area contributed by atoms with E-state index in [1.54, 1.807) is 0 Å². The maximum atomic E-state index is 14.3. The van der Waals surface area contributed by atoms with Crippen LogP contribution in [0, 0.1) is 0 Å². The molecule has 10 nitrogen and oxygen atoms in total. The summed E-state index contributed by atoms with van der Waals surface area (Å²) in [4.78, 5) is 56.7. The van der Waals surface area contributed by atoms with Crippen LogP contribution in [0.25, 0.3) is 0 Å². The summed E-state index contributed by atoms with van der Waals surface area (Å²) in [5.74, 6) is -6.46. The fourth-order valence-corrected chi connectivity index (χ4v) is 5.88. The summed E-state index contributed by atoms with van der Waals surface area (Å²) < 4.78 is 0. The summed E-state index contributed by atoms with van der Waals surface area (Å²) in [5, 5.41) is 72.8. The number of aliphatic hydroxyl groups is 6. The van der Waals surface area contributed by atoms with Gasteiger partial charge in [0.15, 0.2) is 22.6 Å². The lowest BCUT2D eigenvalue weighted by atomic mass is 9.49. The van der Waals surface area contributed by atoms with Crippen LogP contribution in [0.2, 0.25) is 0 Å². The molecule has 0 spiro atoms. The number of aliphatic hydroxyl groups excluding tert-OH is 2. The Morgan fingerprint density at radius 2 is 0.659 bits per heavy atom. The summed E-state index contributed by atoms with van der Waals surface area (Å²) >= 11 is 0. The molecule has 1 aliphatic carbocycles. The zero-order chi connectivity index (χ0) is 31.9. The first-order chi connectivity index (χ1) is 20.9. The smallest absolute Gasteiger partial charge is 0.205 e. The van der Waals surface area contributed by atoms with Crippen molar-refractivity contribution in [2.24, 2.45) is 0 Å². The van der Waals surface area contributed by atoms with Gasteiger partial charge in [-0.2, -0.15) is 0 Å². The second kappa shape index (κ2) is 11.1. The maximum Gasteiger partial charge on any atom is 0.205 e. The van der Waals surface area contributed by atoms with Gasteiger partial charge in [-0.25, -0.2) is 0 Å². The van der Waals surface area contributed by atoms with Gasteiger partial charge in [0.05, 0.1) is 0 Å². The number of benzene rings is 4. The van der Waals surface area contributed by atoms with E-state index in [9.17, 15) is 49.8 Å². The summed E-state index contributed by atoms with van der Waals surface area (Å²) in [6.45, 7) is 0. The minimum Gasteiger partial charge on any atom is -0.386 e. The molecule has 0 aromatic heterocycles. The lowest BCUT2D eigenvalue weighted by molar-refractivity contribution is -0.314. The zero-order valence-corrected chi connectivity index (χ0v) is 23.0. The molecular weight excluding hydrogens is 568 g/mol. The van der Waals surface area contributed by atoms with E-state index in [-0.39, 0.29) is 5.56 Å². The third-order valence-electron chi connectivity index (χ3n) is 8.26. The second-order valence-electron chi connectivity index (χ2n) is 10.7. The fourth-order valence-electron chi connectivity index (χ4n) is 5.88. The molecule has 1 fully saturated rings. The predicted octanol–water partition coefficient (Wildman–Crippen LogP) is 1.18. The average molecular weight is 597 g/mol. The van der Waals surface area contributed by atoms with Gasteiger partial charge in [-0.15, -0.1) is 0 Å². The Labute approximate surface area is 251 Å². The van der Waals surface area contributed by atoms with Crippen LogP contribution in [0.3, 0.4) is 0 Å². The van der Waals surface area contributed by atoms with Crippen LogP contribution < -0.4 is 0 Å². The van der Waals surface area contributed by atoms with Crippen molar-refractivity contribution < 1.29 is 49.8 Å². The Kier molecular flexibility index (Phi) is 7.77. The topological polar surface area (TPSA) is 190 Å². The van der Waals surface area contributed by atoms with Crippen molar-refractivity contribution in [3.8, 4) is 0 Å². The first-order valence-corrected chi connectivity index (χ1v) is 13.5. The van der Waals surface area contributed by atoms with Gasteiger partial charge < -0.3 is 30.6 Å². The third kappa shape index (κ3) is 4.12. The van der Waals surface area contributed by atoms with Crippen molar-refractivity contribution in [3.05, 3.63) is 144 Å². The highest BCUT2D eigenvalue weighted by Crippen LogP contribution is 2.53. The summed E-state index contributed by atoms with van der Waals surface area (Å²) in [6, 6.07) is 26.0. The van der Waals surface area contributed by atoms with Crippen molar-refractivity contribution in [2.75, 3.05) is 0 Å². The minimum atomic E-state index is -4.11. The molecule has 0 unspecified atom stereocenters. The van der Waals surface area contributed by atoms with E-state index >= 15 is 0 Å². The molecule has 4 aromatic rings. The highest BCUT2D eigenvalue weighted by molar-refractivity contribution is 6.20. The molecule has 224 valence electrons. The highest BCUT2D eigenvalue weighted by Gasteiger charge is 2.86. The molecule has 1 aliphatic rings. The molecule has 0 aliphatic heterocycles. The van der Waals surface area contributed by atoms with Crippen LogP contribution in [0.1, 0.15) is 41.4 Å².